The van der Waals surface area contributed by atoms with Crippen molar-refractivity contribution in [2.45, 2.75) is 50.8 Å². The third kappa shape index (κ3) is 5.98. The number of carbonyl (C=O) groups excluding carboxylic acids is 2. The van der Waals surface area contributed by atoms with Gasteiger partial charge in [0, 0.05) is 27.8 Å². The van der Waals surface area contributed by atoms with E-state index in [1.165, 1.54) is 19.1 Å². The second-order valence-electron chi connectivity index (χ2n) is 9.79. The molecule has 3 aromatic carbocycles. The van der Waals surface area contributed by atoms with E-state index in [1.807, 2.05) is 0 Å². The van der Waals surface area contributed by atoms with E-state index in [1.54, 1.807) is 38.1 Å². The summed E-state index contributed by atoms with van der Waals surface area (Å²) in [7, 11) is 0. The standard InChI is InChI=1S/C28H24ClF6N3O3/c1-14(2)36-24(39)15(3)37-25(40)22-9-8-21(19-6-4-5-7-20(19)22)23-13-26(41-38-23,28(33,34)35)16-10-17(27(30,31)32)12-18(29)11-16/h4-15,38H,1-3H3,(H,36,39)(H,37,40). The first-order valence-corrected chi connectivity index (χ1v) is 12.7. The molecule has 2 amide bonds. The van der Waals surface area contributed by atoms with E-state index < -0.39 is 52.0 Å². The maximum Gasteiger partial charge on any atom is 0.428 e. The summed E-state index contributed by atoms with van der Waals surface area (Å²) in [6.07, 6.45) is -9.51. The summed E-state index contributed by atoms with van der Waals surface area (Å²) in [6, 6.07) is 9.71. The lowest BCUT2D eigenvalue weighted by molar-refractivity contribution is -0.269. The number of halogens is 7. The van der Waals surface area contributed by atoms with Gasteiger partial charge in [0.2, 0.25) is 11.5 Å². The zero-order valence-electron chi connectivity index (χ0n) is 21.8. The summed E-state index contributed by atoms with van der Waals surface area (Å²) >= 11 is 5.78. The molecule has 1 aliphatic rings. The molecule has 6 nitrogen and oxygen atoms in total. The molecule has 2 atom stereocenters. The number of benzene rings is 3. The quantitative estimate of drug-likeness (QED) is 0.283. The molecule has 218 valence electrons. The van der Waals surface area contributed by atoms with Crippen molar-refractivity contribution < 1.29 is 40.8 Å². The summed E-state index contributed by atoms with van der Waals surface area (Å²) in [6.45, 7) is 5.04. The Morgan fingerprint density at radius 2 is 1.59 bits per heavy atom. The van der Waals surface area contributed by atoms with Crippen molar-refractivity contribution >= 4 is 39.9 Å². The van der Waals surface area contributed by atoms with Crippen LogP contribution in [0.15, 0.2) is 60.7 Å². The number of hydrogen-bond acceptors (Lipinski definition) is 4. The first-order valence-electron chi connectivity index (χ1n) is 12.3. The van der Waals surface area contributed by atoms with Crippen LogP contribution in [0.5, 0.6) is 0 Å². The SMILES string of the molecule is CC(C)NC(=O)C(C)NC(=O)c1ccc(C2=CC(c3cc(Cl)cc(C(F)(F)F)c3)(C(F)(F)F)ON2)c2ccccc12. The van der Waals surface area contributed by atoms with Crippen molar-refractivity contribution in [1.29, 1.82) is 0 Å². The van der Waals surface area contributed by atoms with Crippen LogP contribution in [0, 0.1) is 0 Å². The molecule has 3 aromatic rings. The van der Waals surface area contributed by atoms with Crippen molar-refractivity contribution in [3.63, 3.8) is 0 Å². The van der Waals surface area contributed by atoms with Gasteiger partial charge in [0.1, 0.15) is 6.04 Å². The normalized spacial score (nSPS) is 18.2. The minimum atomic E-state index is -5.20. The van der Waals surface area contributed by atoms with Crippen LogP contribution < -0.4 is 16.1 Å². The van der Waals surface area contributed by atoms with E-state index in [-0.39, 0.29) is 22.9 Å². The molecule has 2 unspecified atom stereocenters. The largest absolute Gasteiger partial charge is 0.428 e. The minimum Gasteiger partial charge on any atom is -0.352 e. The molecule has 41 heavy (non-hydrogen) atoms. The van der Waals surface area contributed by atoms with Crippen LogP contribution in [0.3, 0.4) is 0 Å². The van der Waals surface area contributed by atoms with Crippen molar-refractivity contribution in [3.8, 4) is 0 Å². The average molecular weight is 600 g/mol. The van der Waals surface area contributed by atoms with Crippen molar-refractivity contribution in [2.24, 2.45) is 0 Å². The highest BCUT2D eigenvalue weighted by Crippen LogP contribution is 2.49. The van der Waals surface area contributed by atoms with Gasteiger partial charge in [-0.25, -0.2) is 0 Å². The maximum atomic E-state index is 14.5. The van der Waals surface area contributed by atoms with Crippen LogP contribution in [0.25, 0.3) is 16.5 Å². The zero-order chi connectivity index (χ0) is 30.3. The Balaban J connectivity index is 1.78. The minimum absolute atomic E-state index is 0.146. The van der Waals surface area contributed by atoms with E-state index in [2.05, 4.69) is 16.1 Å². The zero-order valence-corrected chi connectivity index (χ0v) is 22.6. The average Bonchev–Trinajstić information content (AvgIpc) is 3.33. The van der Waals surface area contributed by atoms with Crippen LogP contribution in [0.2, 0.25) is 5.02 Å². The topological polar surface area (TPSA) is 79.5 Å². The summed E-state index contributed by atoms with van der Waals surface area (Å²) < 4.78 is 83.6. The molecular weight excluding hydrogens is 576 g/mol. The molecular formula is C28H24ClF6N3O3. The fourth-order valence-electron chi connectivity index (χ4n) is 4.43. The first-order chi connectivity index (χ1) is 19.0. The number of hydroxylamine groups is 1. The lowest BCUT2D eigenvalue weighted by atomic mass is 9.89. The number of rotatable bonds is 6. The number of amides is 2. The Labute approximate surface area is 235 Å². The van der Waals surface area contributed by atoms with Gasteiger partial charge in [-0.2, -0.15) is 26.3 Å². The Morgan fingerprint density at radius 1 is 0.927 bits per heavy atom. The third-order valence-electron chi connectivity index (χ3n) is 6.38. The van der Waals surface area contributed by atoms with E-state index in [0.717, 1.165) is 6.07 Å². The molecule has 0 spiro atoms. The highest BCUT2D eigenvalue weighted by molar-refractivity contribution is 6.30. The van der Waals surface area contributed by atoms with Crippen LogP contribution in [-0.2, 0) is 21.4 Å². The van der Waals surface area contributed by atoms with Crippen molar-refractivity contribution in [2.75, 3.05) is 0 Å². The highest BCUT2D eigenvalue weighted by Gasteiger charge is 2.60. The molecule has 0 fully saturated rings. The van der Waals surface area contributed by atoms with Gasteiger partial charge in [-0.15, -0.1) is 0 Å². The second-order valence-corrected chi connectivity index (χ2v) is 10.2. The van der Waals surface area contributed by atoms with Gasteiger partial charge >= 0.3 is 12.4 Å². The lowest BCUT2D eigenvalue weighted by Crippen LogP contribution is -2.46. The molecule has 0 saturated heterocycles. The molecule has 1 heterocycles. The van der Waals surface area contributed by atoms with Gasteiger partial charge in [0.25, 0.3) is 5.91 Å². The van der Waals surface area contributed by atoms with Crippen LogP contribution >= 0.6 is 11.6 Å². The first kappa shape index (κ1) is 30.2. The Bertz CT molecular complexity index is 1540. The maximum absolute atomic E-state index is 14.5. The summed E-state index contributed by atoms with van der Waals surface area (Å²) in [5, 5.41) is 5.44. The van der Waals surface area contributed by atoms with Gasteiger partial charge in [0.05, 0.1) is 11.3 Å². The van der Waals surface area contributed by atoms with E-state index in [4.69, 9.17) is 16.4 Å². The molecule has 3 N–H and O–H groups in total. The Morgan fingerprint density at radius 3 is 2.20 bits per heavy atom. The lowest BCUT2D eigenvalue weighted by Gasteiger charge is -2.29. The van der Waals surface area contributed by atoms with Crippen molar-refractivity contribution in [1.82, 2.24) is 16.1 Å². The van der Waals surface area contributed by atoms with Gasteiger partial charge in [-0.3, -0.25) is 19.9 Å². The van der Waals surface area contributed by atoms with Crippen LogP contribution in [0.4, 0.5) is 26.3 Å². The number of fused-ring (bicyclic) bond motifs is 1. The molecule has 0 aromatic heterocycles. The summed E-state index contributed by atoms with van der Waals surface area (Å²) in [5.41, 5.74) is -3.18. The van der Waals surface area contributed by atoms with Crippen LogP contribution in [-0.4, -0.2) is 30.1 Å². The summed E-state index contributed by atoms with van der Waals surface area (Å²) in [4.78, 5) is 30.3. The Hall–Kier alpha value is -3.77. The second kappa shape index (κ2) is 10.9. The molecule has 0 aliphatic carbocycles. The molecule has 1 aliphatic heterocycles. The van der Waals surface area contributed by atoms with E-state index in [0.29, 0.717) is 29.0 Å². The molecule has 13 heteroatoms. The predicted molar refractivity (Wildman–Crippen MR) is 141 cm³/mol. The number of alkyl halides is 6. The van der Waals surface area contributed by atoms with Gasteiger partial charge in [0.15, 0.2) is 0 Å². The van der Waals surface area contributed by atoms with Crippen LogP contribution in [0.1, 0.15) is 47.8 Å². The summed E-state index contributed by atoms with van der Waals surface area (Å²) in [5.74, 6) is -0.989. The predicted octanol–water partition coefficient (Wildman–Crippen LogP) is 6.49. The molecule has 4 rings (SSSR count). The van der Waals surface area contributed by atoms with Gasteiger partial charge in [-0.05, 0) is 61.9 Å². The number of nitrogens with one attached hydrogen (secondary N) is 3. The molecule has 0 radical (unpaired) electrons. The monoisotopic (exact) mass is 599 g/mol. The fourth-order valence-corrected chi connectivity index (χ4v) is 4.66. The van der Waals surface area contributed by atoms with Gasteiger partial charge < -0.3 is 10.6 Å². The fraction of sp³-hybridized carbons (Fsp3) is 0.286. The number of carbonyl (C=O) groups is 2. The smallest absolute Gasteiger partial charge is 0.352 e. The molecule has 0 bridgehead atoms. The Kier molecular flexibility index (Phi) is 8.03. The van der Waals surface area contributed by atoms with E-state index in [9.17, 15) is 35.9 Å². The number of hydrogen-bond donors (Lipinski definition) is 3. The van der Waals surface area contributed by atoms with E-state index >= 15 is 0 Å². The van der Waals surface area contributed by atoms with Crippen molar-refractivity contribution in [3.05, 3.63) is 87.9 Å². The van der Waals surface area contributed by atoms with Gasteiger partial charge in [-0.1, -0.05) is 41.9 Å². The third-order valence-corrected chi connectivity index (χ3v) is 6.59. The highest BCUT2D eigenvalue weighted by atomic mass is 35.5. The molecule has 0 saturated carbocycles.